The third kappa shape index (κ3) is 1.46. The van der Waals surface area contributed by atoms with Crippen LogP contribution in [0.1, 0.15) is 0 Å². The van der Waals surface area contributed by atoms with E-state index in [1.54, 1.807) is 0 Å². The highest BCUT2D eigenvalue weighted by molar-refractivity contribution is 5.67. The van der Waals surface area contributed by atoms with Gasteiger partial charge in [-0.15, -0.1) is 0 Å². The van der Waals surface area contributed by atoms with Gasteiger partial charge in [0.05, 0.1) is 0 Å². The Morgan fingerprint density at radius 2 is 1.36 bits per heavy atom. The van der Waals surface area contributed by atoms with Gasteiger partial charge in [-0.05, 0) is 0 Å². The van der Waals surface area contributed by atoms with Gasteiger partial charge in [-0.25, -0.2) is 9.59 Å². The number of aromatic nitrogens is 4. The Labute approximate surface area is 75.2 Å². The van der Waals surface area contributed by atoms with Gasteiger partial charge in [0, 0.05) is 0 Å². The van der Waals surface area contributed by atoms with Crippen molar-refractivity contribution < 1.29 is 0 Å². The Bertz CT molecular complexity index is 624. The molecule has 4 N–H and O–H groups in total. The summed E-state index contributed by atoms with van der Waals surface area (Å²) in [4.78, 5) is 41.0. The third-order valence-electron chi connectivity index (χ3n) is 1.42. The molecule has 8 heteroatoms. The smallest absolute Gasteiger partial charge is 0.327 e. The zero-order chi connectivity index (χ0) is 10.7. The molecule has 0 aliphatic heterocycles. The van der Waals surface area contributed by atoms with E-state index in [2.05, 4.69) is 15.0 Å². The minimum atomic E-state index is -0.650. The molecule has 0 fully saturated rings. The monoisotopic (exact) mass is 194 g/mol. The molecule has 0 saturated carbocycles. The van der Waals surface area contributed by atoms with E-state index in [9.17, 15) is 14.4 Å². The van der Waals surface area contributed by atoms with E-state index in [1.165, 1.54) is 0 Å². The van der Waals surface area contributed by atoms with Crippen molar-refractivity contribution in [1.29, 1.82) is 5.26 Å². The number of H-pyrrole nitrogens is 4. The molecule has 72 valence electrons. The molecule has 2 aromatic heterocycles. The molecule has 0 aromatic carbocycles. The average Bonchev–Trinajstić information content (AvgIpc) is 2.49. The van der Waals surface area contributed by atoms with E-state index < -0.39 is 16.9 Å². The Morgan fingerprint density at radius 3 is 1.93 bits per heavy atom. The van der Waals surface area contributed by atoms with Gasteiger partial charge in [0.15, 0.2) is 0 Å². The standard InChI is InChI=1S/C5H4N4O3.CN/c10-3-1-2(7-4(11)6-1)8-5(12)9-3;1-2/h(H4,6,7,8,9,10,11,12);/q;-1. The Balaban J connectivity index is 0.000000461. The van der Waals surface area contributed by atoms with Crippen molar-refractivity contribution in [2.24, 2.45) is 0 Å². The average molecular weight is 194 g/mol. The van der Waals surface area contributed by atoms with E-state index in [1.807, 2.05) is 4.98 Å². The number of imidazole rings is 1. The summed E-state index contributed by atoms with van der Waals surface area (Å²) < 4.78 is 0. The van der Waals surface area contributed by atoms with E-state index in [0.717, 1.165) is 0 Å². The summed E-state index contributed by atoms with van der Waals surface area (Å²) in [5.74, 6) is 0. The zero-order valence-electron chi connectivity index (χ0n) is 6.67. The largest absolute Gasteiger partial charge is 0.512 e. The van der Waals surface area contributed by atoms with Crippen LogP contribution in [0, 0.1) is 11.8 Å². The molecule has 0 spiro atoms. The van der Waals surface area contributed by atoms with E-state index in [4.69, 9.17) is 11.8 Å². The van der Waals surface area contributed by atoms with Crippen LogP contribution in [0.2, 0.25) is 0 Å². The summed E-state index contributed by atoms with van der Waals surface area (Å²) in [6, 6.07) is 0. The molecule has 2 aromatic rings. The second kappa shape index (κ2) is 3.44. The van der Waals surface area contributed by atoms with E-state index in [-0.39, 0.29) is 11.2 Å². The maximum Gasteiger partial charge on any atom is 0.327 e. The quantitative estimate of drug-likeness (QED) is 0.372. The first kappa shape index (κ1) is 9.53. The summed E-state index contributed by atoms with van der Waals surface area (Å²) in [6.45, 7) is 4.75. The van der Waals surface area contributed by atoms with Crippen molar-refractivity contribution in [3.8, 4) is 0 Å². The van der Waals surface area contributed by atoms with Crippen molar-refractivity contribution in [3.05, 3.63) is 37.9 Å². The van der Waals surface area contributed by atoms with Crippen molar-refractivity contribution in [2.75, 3.05) is 0 Å². The van der Waals surface area contributed by atoms with Gasteiger partial charge < -0.3 is 11.8 Å². The van der Waals surface area contributed by atoms with Crippen molar-refractivity contribution in [3.63, 3.8) is 0 Å². The van der Waals surface area contributed by atoms with Crippen LogP contribution in [0.15, 0.2) is 14.4 Å². The van der Waals surface area contributed by atoms with Gasteiger partial charge in [-0.2, -0.15) is 0 Å². The van der Waals surface area contributed by atoms with Crippen LogP contribution < -0.4 is 16.9 Å². The number of hydrogen-bond acceptors (Lipinski definition) is 4. The van der Waals surface area contributed by atoms with E-state index >= 15 is 0 Å². The second-order valence-corrected chi connectivity index (χ2v) is 2.24. The van der Waals surface area contributed by atoms with Crippen LogP contribution in [-0.2, 0) is 0 Å². The molecular weight excluding hydrogens is 190 g/mol. The zero-order valence-corrected chi connectivity index (χ0v) is 6.67. The normalized spacial score (nSPS) is 9.29. The summed E-state index contributed by atoms with van der Waals surface area (Å²) >= 11 is 0. The van der Waals surface area contributed by atoms with Gasteiger partial charge in [0.1, 0.15) is 11.2 Å². The molecule has 0 aliphatic rings. The minimum absolute atomic E-state index is 0.0413. The molecular formula is C6H4N5O3-. The lowest BCUT2D eigenvalue weighted by atomic mass is 10.5. The van der Waals surface area contributed by atoms with Gasteiger partial charge >= 0.3 is 11.4 Å². The molecule has 14 heavy (non-hydrogen) atoms. The number of rotatable bonds is 0. The van der Waals surface area contributed by atoms with Gasteiger partial charge in [-0.1, -0.05) is 0 Å². The molecule has 2 rings (SSSR count). The lowest BCUT2D eigenvalue weighted by Gasteiger charge is -1.83. The van der Waals surface area contributed by atoms with Crippen LogP contribution in [0.5, 0.6) is 0 Å². The van der Waals surface area contributed by atoms with Crippen molar-refractivity contribution in [2.45, 2.75) is 0 Å². The Hall–Kier alpha value is -2.56. The topological polar surface area (TPSA) is 138 Å². The van der Waals surface area contributed by atoms with Crippen molar-refractivity contribution in [1.82, 2.24) is 19.9 Å². The number of aromatic amines is 4. The summed E-state index contributed by atoms with van der Waals surface area (Å²) in [7, 11) is 0. The van der Waals surface area contributed by atoms with Crippen LogP contribution in [0.3, 0.4) is 0 Å². The first-order valence-corrected chi connectivity index (χ1v) is 3.34. The highest BCUT2D eigenvalue weighted by Crippen LogP contribution is 1.88. The number of fused-ring (bicyclic) bond motifs is 1. The van der Waals surface area contributed by atoms with Gasteiger partial charge in [0.25, 0.3) is 5.56 Å². The predicted octanol–water partition coefficient (Wildman–Crippen LogP) is -1.67. The SMILES string of the molecule is O=c1[nH]c(=O)c2[nH]c(=O)[nH]c2[nH]1.[C-]#N. The predicted molar refractivity (Wildman–Crippen MR) is 45.1 cm³/mol. The number of hydrogen-bond donors (Lipinski definition) is 4. The highest BCUT2D eigenvalue weighted by atomic mass is 16.2. The maximum absolute atomic E-state index is 10.9. The molecule has 0 radical (unpaired) electrons. The molecule has 0 saturated heterocycles. The van der Waals surface area contributed by atoms with Crippen molar-refractivity contribution >= 4 is 11.2 Å². The molecule has 0 amide bonds. The lowest BCUT2D eigenvalue weighted by molar-refractivity contribution is 1.07. The molecule has 8 nitrogen and oxygen atoms in total. The lowest BCUT2D eigenvalue weighted by Crippen LogP contribution is -2.21. The first-order chi connectivity index (χ1) is 6.66. The second-order valence-electron chi connectivity index (χ2n) is 2.24. The fraction of sp³-hybridized carbons (Fsp3) is 0. The highest BCUT2D eigenvalue weighted by Gasteiger charge is 2.02. The van der Waals surface area contributed by atoms with Gasteiger partial charge in [0.2, 0.25) is 0 Å². The van der Waals surface area contributed by atoms with Gasteiger partial charge in [-0.3, -0.25) is 24.7 Å². The fourth-order valence-electron chi connectivity index (χ4n) is 0.958. The molecule has 2 heterocycles. The minimum Gasteiger partial charge on any atom is -0.512 e. The molecule has 0 unspecified atom stereocenters. The fourth-order valence-corrected chi connectivity index (χ4v) is 0.958. The first-order valence-electron chi connectivity index (χ1n) is 3.34. The summed E-state index contributed by atoms with van der Waals surface area (Å²) in [6.07, 6.45) is 0. The third-order valence-corrected chi connectivity index (χ3v) is 1.42. The molecule has 0 aliphatic carbocycles. The van der Waals surface area contributed by atoms with Crippen LogP contribution in [-0.4, -0.2) is 19.9 Å². The number of nitrogens with one attached hydrogen (secondary N) is 4. The van der Waals surface area contributed by atoms with E-state index in [0.29, 0.717) is 0 Å². The summed E-state index contributed by atoms with van der Waals surface area (Å²) in [5, 5.41) is 6.25. The Morgan fingerprint density at radius 1 is 0.857 bits per heavy atom. The molecule has 0 bridgehead atoms. The van der Waals surface area contributed by atoms with Crippen LogP contribution >= 0.6 is 0 Å². The summed E-state index contributed by atoms with van der Waals surface area (Å²) in [5.41, 5.74) is -1.65. The molecule has 0 atom stereocenters. The van der Waals surface area contributed by atoms with Crippen LogP contribution in [0.4, 0.5) is 0 Å². The Kier molecular flexibility index (Phi) is 2.34. The number of nitrogens with zero attached hydrogens (tertiary/aromatic N) is 1. The maximum atomic E-state index is 10.9. The van der Waals surface area contributed by atoms with Crippen LogP contribution in [0.25, 0.3) is 11.2 Å².